The third-order valence-electron chi connectivity index (χ3n) is 2.92. The maximum absolute atomic E-state index is 13.4. The highest BCUT2D eigenvalue weighted by atomic mass is 19.1. The van der Waals surface area contributed by atoms with Crippen LogP contribution in [0.5, 0.6) is 5.75 Å². The maximum Gasteiger partial charge on any atom is 0.254 e. The Labute approximate surface area is 121 Å². The fourth-order valence-corrected chi connectivity index (χ4v) is 1.91. The van der Waals surface area contributed by atoms with Crippen molar-refractivity contribution < 1.29 is 13.5 Å². The lowest BCUT2D eigenvalue weighted by Gasteiger charge is -2.03. The van der Waals surface area contributed by atoms with Crippen LogP contribution in [0, 0.1) is 12.7 Å². The van der Waals surface area contributed by atoms with E-state index in [9.17, 15) is 4.39 Å². The summed E-state index contributed by atoms with van der Waals surface area (Å²) < 4.78 is 24.3. The van der Waals surface area contributed by atoms with Crippen LogP contribution in [0.1, 0.15) is 11.5 Å². The predicted octanol–water partition coefficient (Wildman–Crippen LogP) is 3.76. The zero-order valence-corrected chi connectivity index (χ0v) is 11.4. The molecule has 0 unspecified atom stereocenters. The molecule has 0 amide bonds. The van der Waals surface area contributed by atoms with E-state index in [1.54, 1.807) is 18.2 Å². The van der Waals surface area contributed by atoms with Crippen LogP contribution in [0.25, 0.3) is 11.5 Å². The highest BCUT2D eigenvalue weighted by molar-refractivity contribution is 5.53. The predicted molar refractivity (Wildman–Crippen MR) is 75.2 cm³/mol. The second-order valence-electron chi connectivity index (χ2n) is 4.59. The van der Waals surface area contributed by atoms with Crippen molar-refractivity contribution in [1.29, 1.82) is 0 Å². The second-order valence-corrected chi connectivity index (χ2v) is 4.59. The lowest BCUT2D eigenvalue weighted by atomic mass is 10.1. The molecule has 3 aromatic rings. The molecule has 0 radical (unpaired) electrons. The van der Waals surface area contributed by atoms with Crippen LogP contribution >= 0.6 is 0 Å². The van der Waals surface area contributed by atoms with Gasteiger partial charge in [0, 0.05) is 5.56 Å². The molecule has 0 bridgehead atoms. The van der Waals surface area contributed by atoms with Crippen molar-refractivity contribution in [2.45, 2.75) is 13.5 Å². The smallest absolute Gasteiger partial charge is 0.254 e. The van der Waals surface area contributed by atoms with Gasteiger partial charge in [-0.1, -0.05) is 29.8 Å². The second kappa shape index (κ2) is 5.75. The van der Waals surface area contributed by atoms with E-state index in [-0.39, 0.29) is 12.4 Å². The van der Waals surface area contributed by atoms with Crippen molar-refractivity contribution in [3.8, 4) is 17.2 Å². The van der Waals surface area contributed by atoms with Gasteiger partial charge in [-0.2, -0.15) is 0 Å². The number of aryl methyl sites for hydroxylation is 1. The quantitative estimate of drug-likeness (QED) is 0.732. The van der Waals surface area contributed by atoms with Crippen molar-refractivity contribution in [3.05, 3.63) is 65.8 Å². The molecule has 106 valence electrons. The Balaban J connectivity index is 1.72. The van der Waals surface area contributed by atoms with Gasteiger partial charge >= 0.3 is 0 Å². The summed E-state index contributed by atoms with van der Waals surface area (Å²) in [5.74, 6) is 0.462. The number of benzene rings is 2. The molecule has 0 saturated heterocycles. The highest BCUT2D eigenvalue weighted by Gasteiger charge is 2.10. The van der Waals surface area contributed by atoms with E-state index in [0.717, 1.165) is 11.1 Å². The lowest BCUT2D eigenvalue weighted by molar-refractivity contribution is 0.253. The maximum atomic E-state index is 13.4. The number of hydrogen-bond acceptors (Lipinski definition) is 4. The van der Waals surface area contributed by atoms with E-state index >= 15 is 0 Å². The topological polar surface area (TPSA) is 48.2 Å². The van der Waals surface area contributed by atoms with Gasteiger partial charge in [0.15, 0.2) is 18.2 Å². The fraction of sp³-hybridized carbons (Fsp3) is 0.125. The normalized spacial score (nSPS) is 10.6. The Hall–Kier alpha value is -2.69. The van der Waals surface area contributed by atoms with Crippen molar-refractivity contribution >= 4 is 0 Å². The summed E-state index contributed by atoms with van der Waals surface area (Å²) in [6.07, 6.45) is 0. The molecule has 0 atom stereocenters. The van der Waals surface area contributed by atoms with Crippen molar-refractivity contribution in [3.63, 3.8) is 0 Å². The first-order valence-electron chi connectivity index (χ1n) is 6.49. The minimum Gasteiger partial charge on any atom is -0.481 e. The average Bonchev–Trinajstić information content (AvgIpc) is 2.95. The number of para-hydroxylation sites is 1. The lowest BCUT2D eigenvalue weighted by Crippen LogP contribution is -1.97. The molecule has 5 heteroatoms. The van der Waals surface area contributed by atoms with E-state index < -0.39 is 5.82 Å². The van der Waals surface area contributed by atoms with Crippen molar-refractivity contribution in [1.82, 2.24) is 10.2 Å². The van der Waals surface area contributed by atoms with E-state index in [1.807, 2.05) is 31.2 Å². The number of halogens is 1. The highest BCUT2D eigenvalue weighted by Crippen LogP contribution is 2.20. The molecule has 0 aliphatic rings. The Morgan fingerprint density at radius 2 is 1.95 bits per heavy atom. The first kappa shape index (κ1) is 13.3. The Kier molecular flexibility index (Phi) is 3.64. The van der Waals surface area contributed by atoms with Crippen LogP contribution in [0.2, 0.25) is 0 Å². The molecule has 0 aliphatic carbocycles. The number of aromatic nitrogens is 2. The molecule has 0 aliphatic heterocycles. The van der Waals surface area contributed by atoms with Crippen molar-refractivity contribution in [2.75, 3.05) is 0 Å². The summed E-state index contributed by atoms with van der Waals surface area (Å²) in [7, 11) is 0. The Morgan fingerprint density at radius 1 is 1.10 bits per heavy atom. The van der Waals surface area contributed by atoms with Crippen LogP contribution in [0.15, 0.2) is 52.9 Å². The van der Waals surface area contributed by atoms with E-state index in [2.05, 4.69) is 10.2 Å². The van der Waals surface area contributed by atoms with Gasteiger partial charge in [-0.15, -0.1) is 10.2 Å². The third-order valence-corrected chi connectivity index (χ3v) is 2.92. The molecule has 0 spiro atoms. The molecule has 4 nitrogen and oxygen atoms in total. The molecule has 0 N–H and O–H groups in total. The van der Waals surface area contributed by atoms with Crippen LogP contribution in [-0.4, -0.2) is 10.2 Å². The standard InChI is InChI=1S/C16H13FN2O2/c1-11-5-4-6-12(9-11)16-19-18-15(21-16)10-20-14-8-3-2-7-13(14)17/h2-9H,10H2,1H3. The molecule has 2 aromatic carbocycles. The minimum absolute atomic E-state index is 0.0275. The fourth-order valence-electron chi connectivity index (χ4n) is 1.91. The molecular weight excluding hydrogens is 271 g/mol. The number of hydrogen-bond donors (Lipinski definition) is 0. The summed E-state index contributed by atoms with van der Waals surface area (Å²) in [6.45, 7) is 2.02. The first-order chi connectivity index (χ1) is 10.2. The van der Waals surface area contributed by atoms with Gasteiger partial charge in [0.05, 0.1) is 0 Å². The van der Waals surface area contributed by atoms with Crippen LogP contribution in [-0.2, 0) is 6.61 Å². The monoisotopic (exact) mass is 284 g/mol. The van der Waals surface area contributed by atoms with E-state index in [0.29, 0.717) is 11.8 Å². The summed E-state index contributed by atoms with van der Waals surface area (Å²) in [4.78, 5) is 0. The van der Waals surface area contributed by atoms with Gasteiger partial charge in [-0.25, -0.2) is 4.39 Å². The zero-order chi connectivity index (χ0) is 14.7. The number of ether oxygens (including phenoxy) is 1. The van der Waals surface area contributed by atoms with Gasteiger partial charge in [0.2, 0.25) is 5.89 Å². The summed E-state index contributed by atoms with van der Waals surface area (Å²) in [5.41, 5.74) is 1.95. The van der Waals surface area contributed by atoms with Gasteiger partial charge in [-0.3, -0.25) is 0 Å². The van der Waals surface area contributed by atoms with Crippen LogP contribution in [0.4, 0.5) is 4.39 Å². The molecule has 21 heavy (non-hydrogen) atoms. The van der Waals surface area contributed by atoms with E-state index in [4.69, 9.17) is 9.15 Å². The van der Waals surface area contributed by atoms with Gasteiger partial charge < -0.3 is 9.15 Å². The molecule has 0 saturated carbocycles. The largest absolute Gasteiger partial charge is 0.481 e. The van der Waals surface area contributed by atoms with Crippen LogP contribution in [0.3, 0.4) is 0 Å². The number of nitrogens with zero attached hydrogens (tertiary/aromatic N) is 2. The minimum atomic E-state index is -0.420. The first-order valence-corrected chi connectivity index (χ1v) is 6.49. The molecule has 3 rings (SSSR count). The summed E-state index contributed by atoms with van der Waals surface area (Å²) in [6, 6.07) is 13.9. The Bertz CT molecular complexity index is 755. The average molecular weight is 284 g/mol. The SMILES string of the molecule is Cc1cccc(-c2nnc(COc3ccccc3F)o2)c1. The zero-order valence-electron chi connectivity index (χ0n) is 11.4. The molecule has 0 fully saturated rings. The Morgan fingerprint density at radius 3 is 2.76 bits per heavy atom. The van der Waals surface area contributed by atoms with Gasteiger partial charge in [0.25, 0.3) is 5.89 Å². The van der Waals surface area contributed by atoms with Crippen molar-refractivity contribution in [2.24, 2.45) is 0 Å². The number of rotatable bonds is 4. The molecule has 1 heterocycles. The summed E-state index contributed by atoms with van der Waals surface area (Å²) in [5, 5.41) is 7.87. The van der Waals surface area contributed by atoms with Gasteiger partial charge in [-0.05, 0) is 31.2 Å². The third kappa shape index (κ3) is 3.08. The summed E-state index contributed by atoms with van der Waals surface area (Å²) >= 11 is 0. The molecule has 1 aromatic heterocycles. The van der Waals surface area contributed by atoms with E-state index in [1.165, 1.54) is 6.07 Å². The molecular formula is C16H13FN2O2. The van der Waals surface area contributed by atoms with Crippen LogP contribution < -0.4 is 4.74 Å². The van der Waals surface area contributed by atoms with Gasteiger partial charge in [0.1, 0.15) is 0 Å².